The van der Waals surface area contributed by atoms with Gasteiger partial charge in [0.1, 0.15) is 10.9 Å². The first-order chi connectivity index (χ1) is 9.49. The van der Waals surface area contributed by atoms with E-state index in [0.29, 0.717) is 17.4 Å². The maximum atomic E-state index is 12.3. The smallest absolute Gasteiger partial charge is 0.251 e. The lowest BCUT2D eigenvalue weighted by Gasteiger charge is -2.17. The average molecular weight is 301 g/mol. The van der Waals surface area contributed by atoms with Gasteiger partial charge in [-0.2, -0.15) is 0 Å². The van der Waals surface area contributed by atoms with Crippen molar-refractivity contribution in [2.45, 2.75) is 13.0 Å². The number of ether oxygens (including phenoxy) is 1. The molecule has 0 amide bonds. The summed E-state index contributed by atoms with van der Waals surface area (Å²) < 4.78 is 29.8. The monoisotopic (exact) mass is 300 g/mol. The van der Waals surface area contributed by atoms with E-state index in [1.54, 1.807) is 20.2 Å². The zero-order valence-corrected chi connectivity index (χ0v) is 12.0. The van der Waals surface area contributed by atoms with Crippen molar-refractivity contribution in [2.24, 2.45) is 0 Å². The third kappa shape index (κ3) is 3.55. The summed E-state index contributed by atoms with van der Waals surface area (Å²) in [7, 11) is 3.21. The van der Waals surface area contributed by atoms with Gasteiger partial charge >= 0.3 is 0 Å². The molecule has 0 aliphatic rings. The van der Waals surface area contributed by atoms with Gasteiger partial charge in [-0.05, 0) is 25.2 Å². The molecule has 6 heteroatoms. The Bertz CT molecular complexity index is 607. The summed E-state index contributed by atoms with van der Waals surface area (Å²) in [5.41, 5.74) is 1.45. The lowest BCUT2D eigenvalue weighted by Crippen LogP contribution is -2.24. The fourth-order valence-electron chi connectivity index (χ4n) is 2.00. The number of nitrogens with zero attached hydrogens (tertiary/aromatic N) is 2. The third-order valence-corrected chi connectivity index (χ3v) is 3.27. The summed E-state index contributed by atoms with van der Waals surface area (Å²) in [5, 5.41) is 1.22. The topological polar surface area (TPSA) is 25.4 Å². The minimum atomic E-state index is -2.36. The second-order valence-corrected chi connectivity index (χ2v) is 4.94. The van der Waals surface area contributed by atoms with Gasteiger partial charge in [-0.3, -0.25) is 4.90 Å². The van der Waals surface area contributed by atoms with Crippen molar-refractivity contribution in [3.05, 3.63) is 35.0 Å². The van der Waals surface area contributed by atoms with Crippen LogP contribution in [0.1, 0.15) is 5.56 Å². The highest BCUT2D eigenvalue weighted by atomic mass is 35.5. The molecule has 0 N–H and O–H groups in total. The first-order valence-corrected chi connectivity index (χ1v) is 6.47. The predicted octanol–water partition coefficient (Wildman–Crippen LogP) is 3.59. The largest absolute Gasteiger partial charge is 0.497 e. The van der Waals surface area contributed by atoms with E-state index in [1.807, 2.05) is 18.2 Å². The number of hydrogen-bond acceptors (Lipinski definition) is 3. The number of methoxy groups -OCH3 is 1. The van der Waals surface area contributed by atoms with Crippen LogP contribution in [0, 0.1) is 0 Å². The number of hydrogen-bond donors (Lipinski definition) is 0. The Labute approximate surface area is 121 Å². The van der Waals surface area contributed by atoms with Gasteiger partial charge in [-0.1, -0.05) is 11.6 Å². The number of rotatable bonds is 5. The van der Waals surface area contributed by atoms with Crippen LogP contribution in [0.15, 0.2) is 24.3 Å². The van der Waals surface area contributed by atoms with Gasteiger partial charge in [0.15, 0.2) is 0 Å². The van der Waals surface area contributed by atoms with Crippen LogP contribution in [-0.2, 0) is 6.54 Å². The van der Waals surface area contributed by atoms with E-state index in [0.717, 1.165) is 16.5 Å². The molecule has 0 unspecified atom stereocenters. The molecule has 1 aromatic carbocycles. The molecule has 0 saturated carbocycles. The van der Waals surface area contributed by atoms with Crippen molar-refractivity contribution >= 4 is 22.5 Å². The molecule has 0 aliphatic heterocycles. The summed E-state index contributed by atoms with van der Waals surface area (Å²) in [6, 6.07) is 7.35. The molecule has 2 aromatic rings. The fourth-order valence-corrected chi connectivity index (χ4v) is 2.20. The Kier molecular flexibility index (Phi) is 4.73. The van der Waals surface area contributed by atoms with E-state index in [4.69, 9.17) is 16.3 Å². The Hall–Kier alpha value is -1.46. The minimum absolute atomic E-state index is 0.295. The Morgan fingerprint density at radius 3 is 2.75 bits per heavy atom. The highest BCUT2D eigenvalue weighted by molar-refractivity contribution is 6.30. The Morgan fingerprint density at radius 1 is 1.35 bits per heavy atom. The maximum absolute atomic E-state index is 12.3. The number of benzene rings is 1. The van der Waals surface area contributed by atoms with Crippen LogP contribution in [0.5, 0.6) is 5.75 Å². The lowest BCUT2D eigenvalue weighted by molar-refractivity contribution is 0.0975. The molecule has 1 heterocycles. The summed E-state index contributed by atoms with van der Waals surface area (Å²) in [6.07, 6.45) is -2.36. The number of alkyl halides is 2. The van der Waals surface area contributed by atoms with Crippen molar-refractivity contribution in [1.29, 1.82) is 0 Å². The van der Waals surface area contributed by atoms with Gasteiger partial charge in [0.25, 0.3) is 6.43 Å². The summed E-state index contributed by atoms with van der Waals surface area (Å²) >= 11 is 6.11. The molecule has 0 aliphatic carbocycles. The molecular weight excluding hydrogens is 286 g/mol. The third-order valence-electron chi connectivity index (χ3n) is 2.94. The molecule has 0 radical (unpaired) electrons. The van der Waals surface area contributed by atoms with Gasteiger partial charge in [-0.25, -0.2) is 13.8 Å². The zero-order valence-electron chi connectivity index (χ0n) is 11.2. The van der Waals surface area contributed by atoms with Crippen molar-refractivity contribution in [3.63, 3.8) is 0 Å². The quantitative estimate of drug-likeness (QED) is 0.789. The van der Waals surface area contributed by atoms with Crippen LogP contribution in [-0.4, -0.2) is 37.0 Å². The van der Waals surface area contributed by atoms with Crippen LogP contribution in [0.3, 0.4) is 0 Å². The van der Waals surface area contributed by atoms with Crippen LogP contribution < -0.4 is 4.74 Å². The Morgan fingerprint density at radius 2 is 2.10 bits per heavy atom. The molecule has 3 nitrogen and oxygen atoms in total. The average Bonchev–Trinajstić information content (AvgIpc) is 2.38. The summed E-state index contributed by atoms with van der Waals surface area (Å²) in [6.45, 7) is 0.0368. The van der Waals surface area contributed by atoms with Crippen molar-refractivity contribution in [1.82, 2.24) is 9.88 Å². The van der Waals surface area contributed by atoms with Crippen LogP contribution in [0.2, 0.25) is 5.15 Å². The van der Waals surface area contributed by atoms with Crippen molar-refractivity contribution in [3.8, 4) is 5.75 Å². The minimum Gasteiger partial charge on any atom is -0.497 e. The molecular formula is C14H15ClF2N2O. The molecule has 0 bridgehead atoms. The van der Waals surface area contributed by atoms with E-state index in [2.05, 4.69) is 4.98 Å². The van der Waals surface area contributed by atoms with E-state index < -0.39 is 6.43 Å². The summed E-state index contributed by atoms with van der Waals surface area (Å²) in [5.74, 6) is 0.698. The maximum Gasteiger partial charge on any atom is 0.251 e. The van der Waals surface area contributed by atoms with E-state index in [1.165, 1.54) is 4.90 Å². The molecule has 2 rings (SSSR count). The second kappa shape index (κ2) is 6.33. The molecule has 0 fully saturated rings. The van der Waals surface area contributed by atoms with E-state index in [-0.39, 0.29) is 6.54 Å². The highest BCUT2D eigenvalue weighted by Gasteiger charge is 2.12. The van der Waals surface area contributed by atoms with Crippen molar-refractivity contribution in [2.75, 3.05) is 20.7 Å². The van der Waals surface area contributed by atoms with Gasteiger partial charge in [0.2, 0.25) is 0 Å². The van der Waals surface area contributed by atoms with E-state index >= 15 is 0 Å². The molecule has 20 heavy (non-hydrogen) atoms. The molecule has 0 atom stereocenters. The number of pyridine rings is 1. The van der Waals surface area contributed by atoms with Crippen LogP contribution in [0.25, 0.3) is 10.9 Å². The number of aromatic nitrogens is 1. The first kappa shape index (κ1) is 14.9. The van der Waals surface area contributed by atoms with Gasteiger partial charge in [0.05, 0.1) is 19.2 Å². The highest BCUT2D eigenvalue weighted by Crippen LogP contribution is 2.25. The van der Waals surface area contributed by atoms with Crippen molar-refractivity contribution < 1.29 is 13.5 Å². The predicted molar refractivity (Wildman–Crippen MR) is 75.6 cm³/mol. The molecule has 1 aromatic heterocycles. The van der Waals surface area contributed by atoms with Crippen LogP contribution in [0.4, 0.5) is 8.78 Å². The number of fused-ring (bicyclic) bond motifs is 1. The summed E-state index contributed by atoms with van der Waals surface area (Å²) in [4.78, 5) is 5.80. The van der Waals surface area contributed by atoms with Gasteiger partial charge < -0.3 is 4.74 Å². The van der Waals surface area contributed by atoms with E-state index in [9.17, 15) is 8.78 Å². The lowest BCUT2D eigenvalue weighted by atomic mass is 10.1. The van der Waals surface area contributed by atoms with Gasteiger partial charge in [-0.15, -0.1) is 0 Å². The molecule has 0 spiro atoms. The fraction of sp³-hybridized carbons (Fsp3) is 0.357. The standard InChI is InChI=1S/C14H15ClF2N2O/c1-19(8-13(16)17)7-10-5-9-3-4-11(20-2)6-12(9)18-14(10)15/h3-6,13H,7-8H2,1-2H3. The number of halogens is 3. The first-order valence-electron chi connectivity index (χ1n) is 6.09. The van der Waals surface area contributed by atoms with Crippen LogP contribution >= 0.6 is 11.6 Å². The SMILES string of the molecule is COc1ccc2cc(CN(C)CC(F)F)c(Cl)nc2c1. The zero-order chi connectivity index (χ0) is 14.7. The normalized spacial score (nSPS) is 11.6. The molecule has 108 valence electrons. The van der Waals surface area contributed by atoms with Gasteiger partial charge in [0, 0.05) is 23.6 Å². The second-order valence-electron chi connectivity index (χ2n) is 4.58. The Balaban J connectivity index is 2.28. The molecule has 0 saturated heterocycles.